The summed E-state index contributed by atoms with van der Waals surface area (Å²) in [7, 11) is -5.15. The van der Waals surface area contributed by atoms with Crippen LogP contribution in [0.5, 0.6) is 0 Å². The smallest absolute Gasteiger partial charge is 0.393 e. The minimum Gasteiger partial charge on any atom is -0.393 e. The molecule has 13 nitrogen and oxygen atoms in total. The Hall–Kier alpha value is -2.00. The lowest BCUT2D eigenvalue weighted by Crippen LogP contribution is -2.64. The molecule has 1 aliphatic rings. The largest absolute Gasteiger partial charge is 0.472 e. The molecule has 59 heavy (non-hydrogen) atoms. The Balaban J connectivity index is 2.58. The first-order chi connectivity index (χ1) is 28.3. The molecule has 8 atom stereocenters. The predicted molar refractivity (Wildman–Crippen MR) is 233 cm³/mol. The van der Waals surface area contributed by atoms with Crippen LogP contribution in [0, 0.1) is 0 Å². The van der Waals surface area contributed by atoms with E-state index in [0.29, 0.717) is 19.3 Å². The summed E-state index contributed by atoms with van der Waals surface area (Å²) in [4.78, 5) is 23.4. The van der Waals surface area contributed by atoms with Gasteiger partial charge in [0.05, 0.1) is 31.3 Å². The van der Waals surface area contributed by atoms with E-state index in [1.165, 1.54) is 63.9 Å². The molecule has 0 saturated heterocycles. The SMILES string of the molecule is CCCC/C=C/CC/C=C/CC/C=C/C(O)C(COP(=O)(O)OC1C(O)C(O)C(O)C(O)C1O)NC(=O)CC(O)CCCCCCCCCC/C=C\C=C/CCCCC. The minimum absolute atomic E-state index is 0.263. The van der Waals surface area contributed by atoms with E-state index < -0.39 is 75.2 Å². The van der Waals surface area contributed by atoms with Gasteiger partial charge < -0.3 is 46.0 Å². The van der Waals surface area contributed by atoms with Crippen molar-refractivity contribution in [2.24, 2.45) is 0 Å². The van der Waals surface area contributed by atoms with Crippen molar-refractivity contribution in [1.29, 1.82) is 0 Å². The average molecular weight is 858 g/mol. The van der Waals surface area contributed by atoms with Gasteiger partial charge in [-0.25, -0.2) is 4.57 Å². The summed E-state index contributed by atoms with van der Waals surface area (Å²) in [5.74, 6) is -0.616. The number of hydrogen-bond acceptors (Lipinski definition) is 11. The summed E-state index contributed by atoms with van der Waals surface area (Å²) in [5, 5.41) is 74.3. The summed E-state index contributed by atoms with van der Waals surface area (Å²) < 4.78 is 22.8. The van der Waals surface area contributed by atoms with E-state index in [2.05, 4.69) is 61.7 Å². The highest BCUT2D eigenvalue weighted by Crippen LogP contribution is 2.47. The zero-order valence-electron chi connectivity index (χ0n) is 35.9. The molecule has 1 amide bonds. The number of nitrogens with one attached hydrogen (secondary N) is 1. The molecule has 14 heteroatoms. The topological polar surface area (TPSA) is 226 Å². The Labute approximate surface area is 354 Å². The summed E-state index contributed by atoms with van der Waals surface area (Å²) in [6.45, 7) is 3.62. The number of carbonyl (C=O) groups is 1. The number of allylic oxidation sites excluding steroid dienone is 9. The highest BCUT2D eigenvalue weighted by Gasteiger charge is 2.51. The normalized spacial score (nSPS) is 24.2. The second-order valence-corrected chi connectivity index (χ2v) is 17.1. The lowest BCUT2D eigenvalue weighted by molar-refractivity contribution is -0.220. The first-order valence-electron chi connectivity index (χ1n) is 22.3. The molecule has 0 aromatic rings. The van der Waals surface area contributed by atoms with Crippen LogP contribution in [0.4, 0.5) is 0 Å². The third-order valence-corrected chi connectivity index (χ3v) is 11.3. The molecule has 8 unspecified atom stereocenters. The van der Waals surface area contributed by atoms with Crippen LogP contribution in [0.3, 0.4) is 0 Å². The number of amides is 1. The molecular weight excluding hydrogens is 777 g/mol. The third-order valence-electron chi connectivity index (χ3n) is 10.3. The van der Waals surface area contributed by atoms with Crippen molar-refractivity contribution in [3.05, 3.63) is 60.8 Å². The van der Waals surface area contributed by atoms with Crippen molar-refractivity contribution in [3.63, 3.8) is 0 Å². The highest BCUT2D eigenvalue weighted by molar-refractivity contribution is 7.47. The lowest BCUT2D eigenvalue weighted by Gasteiger charge is -2.41. The van der Waals surface area contributed by atoms with Crippen LogP contribution >= 0.6 is 7.82 Å². The van der Waals surface area contributed by atoms with Crippen LogP contribution in [-0.4, -0.2) is 108 Å². The number of hydrogen-bond donors (Lipinski definition) is 9. The van der Waals surface area contributed by atoms with E-state index in [1.54, 1.807) is 6.08 Å². The Kier molecular flexibility index (Phi) is 32.2. The fourth-order valence-corrected chi connectivity index (χ4v) is 7.57. The van der Waals surface area contributed by atoms with E-state index in [9.17, 15) is 50.0 Å². The van der Waals surface area contributed by atoms with Gasteiger partial charge in [0, 0.05) is 0 Å². The Bertz CT molecular complexity index is 1240. The average Bonchev–Trinajstić information content (AvgIpc) is 3.21. The first kappa shape index (κ1) is 55.0. The molecule has 0 aliphatic heterocycles. The molecule has 0 aromatic heterocycles. The monoisotopic (exact) mass is 858 g/mol. The zero-order valence-corrected chi connectivity index (χ0v) is 36.8. The Morgan fingerprint density at radius 3 is 1.63 bits per heavy atom. The molecule has 342 valence electrons. The van der Waals surface area contributed by atoms with Gasteiger partial charge in [0.25, 0.3) is 0 Å². The molecule has 0 bridgehead atoms. The van der Waals surface area contributed by atoms with Gasteiger partial charge in [-0.15, -0.1) is 0 Å². The number of aliphatic hydroxyl groups is 7. The number of unbranched alkanes of at least 4 members (excludes halogenated alkanes) is 15. The molecule has 0 spiro atoms. The van der Waals surface area contributed by atoms with Crippen molar-refractivity contribution >= 4 is 13.7 Å². The van der Waals surface area contributed by atoms with Crippen molar-refractivity contribution < 1.29 is 59.0 Å². The molecule has 1 rings (SSSR count). The molecule has 1 fully saturated rings. The van der Waals surface area contributed by atoms with Gasteiger partial charge in [-0.3, -0.25) is 13.8 Å². The lowest BCUT2D eigenvalue weighted by atomic mass is 9.85. The maximum absolute atomic E-state index is 13.0. The van der Waals surface area contributed by atoms with Gasteiger partial charge in [0.2, 0.25) is 5.91 Å². The Morgan fingerprint density at radius 2 is 1.07 bits per heavy atom. The second-order valence-electron chi connectivity index (χ2n) is 15.7. The fraction of sp³-hybridized carbons (Fsp3) is 0.756. The zero-order chi connectivity index (χ0) is 43.7. The van der Waals surface area contributed by atoms with E-state index in [-0.39, 0.29) is 6.42 Å². The van der Waals surface area contributed by atoms with Crippen molar-refractivity contribution in [1.82, 2.24) is 5.32 Å². The molecule has 1 saturated carbocycles. The van der Waals surface area contributed by atoms with E-state index >= 15 is 0 Å². The standard InChI is InChI=1S/C45H80NO12P/c1-3-5-7-9-11-13-15-17-18-19-20-21-22-24-26-28-30-32-36(47)34-39(49)46-37(38(48)33-31-29-27-25-23-16-14-12-10-8-6-4-2)35-57-59(55,56)58-45-43(53)41(51)40(50)42(52)44(45)54/h10-13,15,17,23,25,31,33,36-38,40-45,47-48,50-54H,3-9,14,16,18-22,24,26-30,32,34-35H2,1-2H3,(H,46,49)(H,55,56)/b12-10+,13-11-,17-15-,25-23+,33-31+. The maximum Gasteiger partial charge on any atom is 0.472 e. The molecular formula is C45H80NO12P. The fourth-order valence-electron chi connectivity index (χ4n) is 6.60. The summed E-state index contributed by atoms with van der Waals surface area (Å²) in [6, 6.07) is -1.27. The highest BCUT2D eigenvalue weighted by atomic mass is 31.2. The number of rotatable bonds is 35. The molecule has 0 aromatic carbocycles. The van der Waals surface area contributed by atoms with Crippen molar-refractivity contribution in [3.8, 4) is 0 Å². The van der Waals surface area contributed by atoms with Crippen LogP contribution in [0.2, 0.25) is 0 Å². The van der Waals surface area contributed by atoms with Crippen molar-refractivity contribution in [2.75, 3.05) is 6.61 Å². The van der Waals surface area contributed by atoms with E-state index in [0.717, 1.165) is 57.8 Å². The predicted octanol–water partition coefficient (Wildman–Crippen LogP) is 6.92. The summed E-state index contributed by atoms with van der Waals surface area (Å²) in [6.07, 6.45) is 27.5. The molecule has 1 aliphatic carbocycles. The molecule has 9 N–H and O–H groups in total. The van der Waals surface area contributed by atoms with Gasteiger partial charge in [0.1, 0.15) is 36.6 Å². The number of carbonyl (C=O) groups excluding carboxylic acids is 1. The van der Waals surface area contributed by atoms with Gasteiger partial charge >= 0.3 is 7.82 Å². The van der Waals surface area contributed by atoms with Gasteiger partial charge in [0.15, 0.2) is 0 Å². The molecule has 0 radical (unpaired) electrons. The Morgan fingerprint density at radius 1 is 0.610 bits per heavy atom. The number of phosphoric acid groups is 1. The summed E-state index contributed by atoms with van der Waals surface area (Å²) in [5.41, 5.74) is 0. The van der Waals surface area contributed by atoms with Crippen LogP contribution < -0.4 is 5.32 Å². The van der Waals surface area contributed by atoms with E-state index in [4.69, 9.17) is 9.05 Å². The van der Waals surface area contributed by atoms with Crippen LogP contribution in [-0.2, 0) is 18.4 Å². The first-order valence-corrected chi connectivity index (χ1v) is 23.8. The van der Waals surface area contributed by atoms with E-state index in [1.807, 2.05) is 6.08 Å². The number of aliphatic hydroxyl groups excluding tert-OH is 7. The van der Waals surface area contributed by atoms with Crippen LogP contribution in [0.1, 0.15) is 155 Å². The van der Waals surface area contributed by atoms with Gasteiger partial charge in [-0.1, -0.05) is 145 Å². The number of phosphoric ester groups is 1. The quantitative estimate of drug-likeness (QED) is 0.0137. The molecule has 0 heterocycles. The minimum atomic E-state index is -5.15. The third kappa shape index (κ3) is 26.8. The van der Waals surface area contributed by atoms with Crippen molar-refractivity contribution in [2.45, 2.75) is 210 Å². The van der Waals surface area contributed by atoms with Crippen LogP contribution in [0.15, 0.2) is 60.8 Å². The van der Waals surface area contributed by atoms with Crippen LogP contribution in [0.25, 0.3) is 0 Å². The second kappa shape index (κ2) is 34.6. The summed E-state index contributed by atoms with van der Waals surface area (Å²) >= 11 is 0. The maximum atomic E-state index is 13.0. The van der Waals surface area contributed by atoms with Gasteiger partial charge in [-0.2, -0.15) is 0 Å². The van der Waals surface area contributed by atoms with Gasteiger partial charge in [-0.05, 0) is 64.2 Å².